The summed E-state index contributed by atoms with van der Waals surface area (Å²) in [6, 6.07) is 0. The van der Waals surface area contributed by atoms with Gasteiger partial charge in [0, 0.05) is 19.3 Å². The van der Waals surface area contributed by atoms with E-state index >= 15 is 0 Å². The van der Waals surface area contributed by atoms with Crippen LogP contribution in [-0.2, 0) is 9.53 Å². The predicted molar refractivity (Wildman–Crippen MR) is 90.0 cm³/mol. The fourth-order valence-electron chi connectivity index (χ4n) is 2.15. The molecular weight excluding hydrogens is 260 g/mol. The Labute approximate surface area is 131 Å². The molecule has 0 saturated heterocycles. The topological polar surface area (TPSA) is 26.3 Å². The summed E-state index contributed by atoms with van der Waals surface area (Å²) in [6.45, 7) is 3.74. The molecule has 0 N–H and O–H groups in total. The maximum atomic E-state index is 10.9. The van der Waals surface area contributed by atoms with E-state index in [0.717, 1.165) is 32.1 Å². The number of hydrogen-bond donors (Lipinski definition) is 0. The molecule has 2 heteroatoms. The normalized spacial score (nSPS) is 9.76. The molecule has 0 aliphatic rings. The fourth-order valence-corrected chi connectivity index (χ4v) is 2.15. The minimum absolute atomic E-state index is 0.118. The van der Waals surface area contributed by atoms with Crippen LogP contribution in [0.1, 0.15) is 83.5 Å². The molecule has 0 spiro atoms. The number of allylic oxidation sites excluding steroid dienone is 1. The molecule has 0 aromatic heterocycles. The second kappa shape index (κ2) is 16.8. The van der Waals surface area contributed by atoms with Gasteiger partial charge in [0.1, 0.15) is 0 Å². The highest BCUT2D eigenvalue weighted by atomic mass is 16.5. The summed E-state index contributed by atoms with van der Waals surface area (Å²) in [4.78, 5) is 10.9. The summed E-state index contributed by atoms with van der Waals surface area (Å²) in [5.74, 6) is 6.30. The van der Waals surface area contributed by atoms with Gasteiger partial charge >= 0.3 is 5.97 Å². The largest absolute Gasteiger partial charge is 0.469 e. The maximum absolute atomic E-state index is 10.9. The quantitative estimate of drug-likeness (QED) is 0.196. The summed E-state index contributed by atoms with van der Waals surface area (Å²) in [6.07, 6.45) is 16.7. The Hall–Kier alpha value is -1.23. The molecule has 0 rings (SSSR count). The standard InChI is InChI=1S/C19H32O2/c1-3-4-5-6-7-8-9-10-11-12-13-14-15-16-17-18-19(20)21-2/h3H,1,4-12,15-18H2,2H3. The summed E-state index contributed by atoms with van der Waals surface area (Å²) in [7, 11) is 1.43. The number of unbranched alkanes of at least 4 members (excludes halogenated alkanes) is 10. The number of carbonyl (C=O) groups is 1. The van der Waals surface area contributed by atoms with Crippen molar-refractivity contribution in [3.8, 4) is 11.8 Å². The Balaban J connectivity index is 3.16. The monoisotopic (exact) mass is 292 g/mol. The van der Waals surface area contributed by atoms with Crippen molar-refractivity contribution in [2.45, 2.75) is 83.5 Å². The van der Waals surface area contributed by atoms with Gasteiger partial charge in [-0.1, -0.05) is 38.2 Å². The lowest BCUT2D eigenvalue weighted by Crippen LogP contribution is -1.98. The smallest absolute Gasteiger partial charge is 0.305 e. The molecule has 0 aliphatic heterocycles. The van der Waals surface area contributed by atoms with Crippen LogP contribution in [0.5, 0.6) is 0 Å². The van der Waals surface area contributed by atoms with Crippen LogP contribution < -0.4 is 0 Å². The first-order chi connectivity index (χ1) is 10.3. The van der Waals surface area contributed by atoms with E-state index in [0.29, 0.717) is 6.42 Å². The molecule has 0 radical (unpaired) electrons. The Morgan fingerprint density at radius 1 is 0.905 bits per heavy atom. The Morgan fingerprint density at radius 2 is 1.43 bits per heavy atom. The maximum Gasteiger partial charge on any atom is 0.305 e. The minimum atomic E-state index is -0.118. The van der Waals surface area contributed by atoms with Gasteiger partial charge in [-0.05, 0) is 32.1 Å². The van der Waals surface area contributed by atoms with E-state index in [2.05, 4.69) is 23.2 Å². The van der Waals surface area contributed by atoms with Crippen LogP contribution in [0.3, 0.4) is 0 Å². The van der Waals surface area contributed by atoms with Crippen molar-refractivity contribution < 1.29 is 9.53 Å². The SMILES string of the molecule is C=CCCCCCCCCCC#CCCCCC(=O)OC. The molecule has 2 nitrogen and oxygen atoms in total. The zero-order valence-electron chi connectivity index (χ0n) is 13.8. The van der Waals surface area contributed by atoms with Crippen molar-refractivity contribution in [1.82, 2.24) is 0 Å². The van der Waals surface area contributed by atoms with Crippen molar-refractivity contribution in [1.29, 1.82) is 0 Å². The van der Waals surface area contributed by atoms with Gasteiger partial charge in [-0.15, -0.1) is 18.4 Å². The van der Waals surface area contributed by atoms with Crippen molar-refractivity contribution >= 4 is 5.97 Å². The van der Waals surface area contributed by atoms with Crippen LogP contribution in [0.25, 0.3) is 0 Å². The van der Waals surface area contributed by atoms with Gasteiger partial charge in [-0.2, -0.15) is 0 Å². The number of esters is 1. The van der Waals surface area contributed by atoms with Crippen molar-refractivity contribution in [3.63, 3.8) is 0 Å². The highest BCUT2D eigenvalue weighted by Gasteiger charge is 1.97. The van der Waals surface area contributed by atoms with E-state index in [9.17, 15) is 4.79 Å². The van der Waals surface area contributed by atoms with Gasteiger partial charge in [0.05, 0.1) is 7.11 Å². The van der Waals surface area contributed by atoms with Crippen molar-refractivity contribution in [2.75, 3.05) is 7.11 Å². The highest BCUT2D eigenvalue weighted by Crippen LogP contribution is 2.09. The van der Waals surface area contributed by atoms with Gasteiger partial charge in [0.25, 0.3) is 0 Å². The summed E-state index contributed by atoms with van der Waals surface area (Å²) < 4.78 is 4.59. The van der Waals surface area contributed by atoms with Gasteiger partial charge in [0.2, 0.25) is 0 Å². The predicted octanol–water partition coefficient (Wildman–Crippen LogP) is 5.42. The molecule has 0 fully saturated rings. The Bertz CT molecular complexity index is 309. The third-order valence-corrected chi connectivity index (χ3v) is 3.50. The molecule has 0 aromatic carbocycles. The van der Waals surface area contributed by atoms with Crippen LogP contribution in [-0.4, -0.2) is 13.1 Å². The molecule has 0 bridgehead atoms. The zero-order valence-corrected chi connectivity index (χ0v) is 13.8. The molecule has 0 heterocycles. The molecule has 0 aromatic rings. The lowest BCUT2D eigenvalue weighted by molar-refractivity contribution is -0.140. The number of carbonyl (C=O) groups excluding carboxylic acids is 1. The van der Waals surface area contributed by atoms with Crippen molar-refractivity contribution in [3.05, 3.63) is 12.7 Å². The van der Waals surface area contributed by atoms with E-state index in [1.165, 1.54) is 52.1 Å². The van der Waals surface area contributed by atoms with Gasteiger partial charge in [-0.25, -0.2) is 0 Å². The van der Waals surface area contributed by atoms with Crippen molar-refractivity contribution in [2.24, 2.45) is 0 Å². The molecule has 120 valence electrons. The average Bonchev–Trinajstić information content (AvgIpc) is 2.50. The van der Waals surface area contributed by atoms with E-state index < -0.39 is 0 Å². The second-order valence-electron chi connectivity index (χ2n) is 5.44. The fraction of sp³-hybridized carbons (Fsp3) is 0.737. The van der Waals surface area contributed by atoms with Gasteiger partial charge in [0.15, 0.2) is 0 Å². The number of rotatable bonds is 13. The number of ether oxygens (including phenoxy) is 1. The highest BCUT2D eigenvalue weighted by molar-refractivity contribution is 5.68. The van der Waals surface area contributed by atoms with Crippen LogP contribution in [0.4, 0.5) is 0 Å². The zero-order chi connectivity index (χ0) is 15.6. The third kappa shape index (κ3) is 16.7. The van der Waals surface area contributed by atoms with E-state index in [1.54, 1.807) is 0 Å². The Kier molecular flexibility index (Phi) is 15.8. The van der Waals surface area contributed by atoms with Crippen LogP contribution in [0, 0.1) is 11.8 Å². The molecule has 0 saturated carbocycles. The first-order valence-corrected chi connectivity index (χ1v) is 8.44. The average molecular weight is 292 g/mol. The third-order valence-electron chi connectivity index (χ3n) is 3.50. The second-order valence-corrected chi connectivity index (χ2v) is 5.44. The molecule has 0 atom stereocenters. The first-order valence-electron chi connectivity index (χ1n) is 8.44. The van der Waals surface area contributed by atoms with Gasteiger partial charge in [-0.3, -0.25) is 4.79 Å². The molecule has 0 aliphatic carbocycles. The Morgan fingerprint density at radius 3 is 2.00 bits per heavy atom. The molecule has 0 amide bonds. The molecule has 0 unspecified atom stereocenters. The lowest BCUT2D eigenvalue weighted by atomic mass is 10.1. The summed E-state index contributed by atoms with van der Waals surface area (Å²) in [5.41, 5.74) is 0. The van der Waals surface area contributed by atoms with E-state index in [4.69, 9.17) is 0 Å². The number of methoxy groups -OCH3 is 1. The van der Waals surface area contributed by atoms with E-state index in [-0.39, 0.29) is 5.97 Å². The summed E-state index contributed by atoms with van der Waals surface area (Å²) >= 11 is 0. The summed E-state index contributed by atoms with van der Waals surface area (Å²) in [5, 5.41) is 0. The number of hydrogen-bond acceptors (Lipinski definition) is 2. The van der Waals surface area contributed by atoms with E-state index in [1.807, 2.05) is 6.08 Å². The first kappa shape index (κ1) is 19.8. The van der Waals surface area contributed by atoms with Crippen LogP contribution >= 0.6 is 0 Å². The molecule has 21 heavy (non-hydrogen) atoms. The van der Waals surface area contributed by atoms with Crippen LogP contribution in [0.2, 0.25) is 0 Å². The minimum Gasteiger partial charge on any atom is -0.469 e. The molecular formula is C19H32O2. The van der Waals surface area contributed by atoms with Gasteiger partial charge < -0.3 is 4.74 Å². The van der Waals surface area contributed by atoms with Crippen LogP contribution in [0.15, 0.2) is 12.7 Å². The lowest BCUT2D eigenvalue weighted by Gasteiger charge is -1.99.